The minimum absolute atomic E-state index is 0.0145. The molecule has 1 amide bonds. The van der Waals surface area contributed by atoms with E-state index in [-0.39, 0.29) is 36.0 Å². The standard InChI is InChI=1S/C23H16F2N4O2S/c24-15-5-3-6-16(25)22(15)19-11-27-21(31-19)9-8-20(30)29-23-28-18(12-32-23)14-10-26-17-7-2-1-4-13(14)17/h1-7,10-12,26H,8-9H2,(H,28,29,30). The van der Waals surface area contributed by atoms with Gasteiger partial charge in [0.05, 0.1) is 17.5 Å². The van der Waals surface area contributed by atoms with Crippen molar-refractivity contribution in [3.8, 4) is 22.6 Å². The fraction of sp³-hybridized carbons (Fsp3) is 0.0870. The first kappa shape index (κ1) is 20.1. The molecule has 3 aromatic heterocycles. The number of fused-ring (bicyclic) bond motifs is 1. The minimum atomic E-state index is -0.736. The van der Waals surface area contributed by atoms with Crippen molar-refractivity contribution in [3.63, 3.8) is 0 Å². The highest BCUT2D eigenvalue weighted by Crippen LogP contribution is 2.31. The number of rotatable bonds is 6. The maximum atomic E-state index is 13.9. The summed E-state index contributed by atoms with van der Waals surface area (Å²) in [6.45, 7) is 0. The van der Waals surface area contributed by atoms with Crippen molar-refractivity contribution >= 4 is 33.3 Å². The molecule has 2 N–H and O–H groups in total. The molecule has 0 saturated heterocycles. The number of carbonyl (C=O) groups is 1. The summed E-state index contributed by atoms with van der Waals surface area (Å²) in [7, 11) is 0. The number of thiazole rings is 1. The van der Waals surface area contributed by atoms with Gasteiger partial charge in [-0.3, -0.25) is 4.79 Å². The molecule has 32 heavy (non-hydrogen) atoms. The van der Waals surface area contributed by atoms with Crippen LogP contribution in [0.5, 0.6) is 0 Å². The largest absolute Gasteiger partial charge is 0.441 e. The van der Waals surface area contributed by atoms with E-state index in [9.17, 15) is 13.6 Å². The number of nitrogens with zero attached hydrogens (tertiary/aromatic N) is 2. The first-order chi connectivity index (χ1) is 15.6. The first-order valence-electron chi connectivity index (χ1n) is 9.79. The lowest BCUT2D eigenvalue weighted by atomic mass is 10.1. The Morgan fingerprint density at radius 2 is 1.94 bits per heavy atom. The number of hydrogen-bond acceptors (Lipinski definition) is 5. The van der Waals surface area contributed by atoms with Crippen LogP contribution in [0.3, 0.4) is 0 Å². The van der Waals surface area contributed by atoms with E-state index in [0.29, 0.717) is 5.13 Å². The topological polar surface area (TPSA) is 83.8 Å². The van der Waals surface area contributed by atoms with E-state index < -0.39 is 11.6 Å². The molecule has 9 heteroatoms. The molecule has 0 spiro atoms. The number of oxazole rings is 1. The Hall–Kier alpha value is -3.85. The second kappa shape index (κ2) is 8.35. The maximum absolute atomic E-state index is 13.9. The number of carbonyl (C=O) groups excluding carboxylic acids is 1. The van der Waals surface area contributed by atoms with Gasteiger partial charge in [0.15, 0.2) is 16.8 Å². The molecule has 5 aromatic rings. The lowest BCUT2D eigenvalue weighted by molar-refractivity contribution is -0.116. The Bertz CT molecular complexity index is 1400. The second-order valence-electron chi connectivity index (χ2n) is 7.05. The van der Waals surface area contributed by atoms with Crippen LogP contribution in [0.25, 0.3) is 33.5 Å². The predicted molar refractivity (Wildman–Crippen MR) is 118 cm³/mol. The highest BCUT2D eigenvalue weighted by Gasteiger charge is 2.17. The zero-order chi connectivity index (χ0) is 22.1. The van der Waals surface area contributed by atoms with Gasteiger partial charge >= 0.3 is 0 Å². The summed E-state index contributed by atoms with van der Waals surface area (Å²) in [5.41, 5.74) is 2.47. The fourth-order valence-corrected chi connectivity index (χ4v) is 4.14. The van der Waals surface area contributed by atoms with Gasteiger partial charge in [0.25, 0.3) is 0 Å². The van der Waals surface area contributed by atoms with E-state index in [1.54, 1.807) is 0 Å². The molecule has 0 atom stereocenters. The number of H-pyrrole nitrogens is 1. The zero-order valence-corrected chi connectivity index (χ0v) is 17.4. The second-order valence-corrected chi connectivity index (χ2v) is 7.91. The van der Waals surface area contributed by atoms with Gasteiger partial charge in [0.2, 0.25) is 5.91 Å². The average Bonchev–Trinajstić information content (AvgIpc) is 3.52. The van der Waals surface area contributed by atoms with Crippen LogP contribution in [0, 0.1) is 11.6 Å². The molecule has 3 heterocycles. The van der Waals surface area contributed by atoms with Crippen LogP contribution in [-0.4, -0.2) is 20.9 Å². The van der Waals surface area contributed by atoms with Crippen LogP contribution < -0.4 is 5.32 Å². The lowest BCUT2D eigenvalue weighted by Gasteiger charge is -2.01. The van der Waals surface area contributed by atoms with Crippen molar-refractivity contribution in [1.82, 2.24) is 15.0 Å². The lowest BCUT2D eigenvalue weighted by Crippen LogP contribution is -2.12. The van der Waals surface area contributed by atoms with Crippen LogP contribution in [0.2, 0.25) is 0 Å². The number of anilines is 1. The molecule has 0 aliphatic heterocycles. The van der Waals surface area contributed by atoms with Gasteiger partial charge in [-0.25, -0.2) is 18.7 Å². The Kier molecular flexibility index (Phi) is 5.24. The smallest absolute Gasteiger partial charge is 0.226 e. The third kappa shape index (κ3) is 3.90. The zero-order valence-electron chi connectivity index (χ0n) is 16.6. The molecule has 6 nitrogen and oxygen atoms in total. The van der Waals surface area contributed by atoms with Gasteiger partial charge in [-0.2, -0.15) is 0 Å². The Morgan fingerprint density at radius 1 is 1.12 bits per heavy atom. The van der Waals surface area contributed by atoms with E-state index in [1.165, 1.54) is 23.6 Å². The van der Waals surface area contributed by atoms with Crippen LogP contribution in [-0.2, 0) is 11.2 Å². The van der Waals surface area contributed by atoms with E-state index >= 15 is 0 Å². The molecular formula is C23H16F2N4O2S. The molecule has 2 aromatic carbocycles. The predicted octanol–water partition coefficient (Wildman–Crippen LogP) is 5.80. The van der Waals surface area contributed by atoms with Crippen LogP contribution in [0.4, 0.5) is 13.9 Å². The first-order valence-corrected chi connectivity index (χ1v) is 10.7. The molecule has 0 unspecified atom stereocenters. The number of aromatic nitrogens is 3. The summed E-state index contributed by atoms with van der Waals surface area (Å²) in [5, 5.41) is 6.19. The van der Waals surface area contributed by atoms with Crippen molar-refractivity contribution in [2.75, 3.05) is 5.32 Å². The summed E-state index contributed by atoms with van der Waals surface area (Å²) in [4.78, 5) is 24.1. The number of halogens is 2. The molecule has 0 saturated carbocycles. The highest BCUT2D eigenvalue weighted by atomic mass is 32.1. The molecule has 0 bridgehead atoms. The molecule has 5 rings (SSSR count). The number of para-hydroxylation sites is 1. The van der Waals surface area contributed by atoms with Gasteiger partial charge in [0.1, 0.15) is 11.6 Å². The number of aryl methyl sites for hydroxylation is 1. The van der Waals surface area contributed by atoms with Crippen molar-refractivity contribution in [1.29, 1.82) is 0 Å². The van der Waals surface area contributed by atoms with E-state index in [4.69, 9.17) is 4.42 Å². The van der Waals surface area contributed by atoms with Crippen molar-refractivity contribution < 1.29 is 18.0 Å². The Labute approximate surface area is 185 Å². The van der Waals surface area contributed by atoms with Gasteiger partial charge < -0.3 is 14.7 Å². The third-order valence-electron chi connectivity index (χ3n) is 4.94. The number of aromatic amines is 1. The van der Waals surface area contributed by atoms with Gasteiger partial charge in [-0.05, 0) is 18.2 Å². The maximum Gasteiger partial charge on any atom is 0.226 e. The molecule has 160 valence electrons. The Balaban J connectivity index is 1.22. The van der Waals surface area contributed by atoms with Crippen molar-refractivity contribution in [2.24, 2.45) is 0 Å². The van der Waals surface area contributed by atoms with E-state index in [0.717, 1.165) is 34.3 Å². The van der Waals surface area contributed by atoms with E-state index in [1.807, 2.05) is 35.8 Å². The normalized spacial score (nSPS) is 11.2. The highest BCUT2D eigenvalue weighted by molar-refractivity contribution is 7.14. The molecular weight excluding hydrogens is 434 g/mol. The van der Waals surface area contributed by atoms with Crippen molar-refractivity contribution in [3.05, 3.63) is 77.8 Å². The van der Waals surface area contributed by atoms with Crippen LogP contribution in [0.15, 0.2) is 64.7 Å². The molecule has 0 aliphatic carbocycles. The van der Waals surface area contributed by atoms with Gasteiger partial charge in [-0.1, -0.05) is 24.3 Å². The molecule has 0 radical (unpaired) electrons. The number of benzene rings is 2. The monoisotopic (exact) mass is 450 g/mol. The molecule has 0 aliphatic rings. The summed E-state index contributed by atoms with van der Waals surface area (Å²) >= 11 is 1.33. The third-order valence-corrected chi connectivity index (χ3v) is 5.70. The minimum Gasteiger partial charge on any atom is -0.441 e. The van der Waals surface area contributed by atoms with Crippen LogP contribution in [0.1, 0.15) is 12.3 Å². The summed E-state index contributed by atoms with van der Waals surface area (Å²) in [5.74, 6) is -1.53. The quantitative estimate of drug-likeness (QED) is 0.343. The van der Waals surface area contributed by atoms with Crippen molar-refractivity contribution in [2.45, 2.75) is 12.8 Å². The summed E-state index contributed by atoms with van der Waals surface area (Å²) in [6, 6.07) is 11.5. The van der Waals surface area contributed by atoms with Gasteiger partial charge in [-0.15, -0.1) is 11.3 Å². The van der Waals surface area contributed by atoms with Gasteiger partial charge in [0, 0.05) is 40.9 Å². The number of amides is 1. The number of nitrogens with one attached hydrogen (secondary N) is 2. The van der Waals surface area contributed by atoms with E-state index in [2.05, 4.69) is 20.3 Å². The summed E-state index contributed by atoms with van der Waals surface area (Å²) < 4.78 is 33.2. The summed E-state index contributed by atoms with van der Waals surface area (Å²) in [6.07, 6.45) is 3.41. The fourth-order valence-electron chi connectivity index (χ4n) is 3.42. The number of hydrogen-bond donors (Lipinski definition) is 2. The average molecular weight is 450 g/mol. The van der Waals surface area contributed by atoms with Crippen LogP contribution >= 0.6 is 11.3 Å². The molecule has 0 fully saturated rings. The Morgan fingerprint density at radius 3 is 2.78 bits per heavy atom. The SMILES string of the molecule is O=C(CCc1ncc(-c2c(F)cccc2F)o1)Nc1nc(-c2c[nH]c3ccccc23)cs1.